The zero-order valence-corrected chi connectivity index (χ0v) is 22.8. The molecule has 0 heterocycles. The van der Waals surface area contributed by atoms with Gasteiger partial charge in [-0.25, -0.2) is 0 Å². The quantitative estimate of drug-likeness (QED) is 0.278. The van der Waals surface area contributed by atoms with Crippen LogP contribution in [0.2, 0.25) is 0 Å². The van der Waals surface area contributed by atoms with E-state index in [1.54, 1.807) is 0 Å². The van der Waals surface area contributed by atoms with Gasteiger partial charge >= 0.3 is 0 Å². The van der Waals surface area contributed by atoms with Crippen molar-refractivity contribution in [1.82, 2.24) is 4.90 Å². The summed E-state index contributed by atoms with van der Waals surface area (Å²) in [4.78, 5) is 2.29. The van der Waals surface area contributed by atoms with E-state index in [2.05, 4.69) is 67.3 Å². The number of alkyl halides is 2. The van der Waals surface area contributed by atoms with Crippen molar-refractivity contribution in [2.24, 2.45) is 0 Å². The molecule has 2 aromatic carbocycles. The van der Waals surface area contributed by atoms with E-state index in [0.29, 0.717) is 6.04 Å². The lowest BCUT2D eigenvalue weighted by Gasteiger charge is -2.33. The van der Waals surface area contributed by atoms with E-state index >= 15 is 0 Å². The van der Waals surface area contributed by atoms with E-state index in [-0.39, 0.29) is 9.75 Å². The highest BCUT2D eigenvalue weighted by Gasteiger charge is 2.40. The Bertz CT molecular complexity index is 857. The van der Waals surface area contributed by atoms with E-state index < -0.39 is 0 Å². The normalized spacial score (nSPS) is 20.1. The molecule has 3 heteroatoms. The highest BCUT2D eigenvalue weighted by atomic mass is 35.5. The largest absolute Gasteiger partial charge is 0.300 e. The molecule has 0 N–H and O–H groups in total. The van der Waals surface area contributed by atoms with Gasteiger partial charge in [0.2, 0.25) is 0 Å². The standard InChI is InChI=1S/C31H43Cl2N/c1-3-23-34(24-18-26-12-5-4-6-13-26)25(2)16-17-27-28(30(32)19-7-8-20-30)14-11-15-29(27)31(33)21-9-10-22-31/h4-6,11-15,25H,3,7-10,16-24H2,1-2H3. The number of hydrogen-bond acceptors (Lipinski definition) is 1. The Labute approximate surface area is 218 Å². The predicted octanol–water partition coefficient (Wildman–Crippen LogP) is 8.98. The van der Waals surface area contributed by atoms with Crippen LogP contribution in [-0.4, -0.2) is 24.0 Å². The van der Waals surface area contributed by atoms with E-state index in [1.807, 2.05) is 0 Å². The first-order chi connectivity index (χ1) is 16.5. The van der Waals surface area contributed by atoms with Gasteiger partial charge in [-0.15, -0.1) is 23.2 Å². The van der Waals surface area contributed by atoms with Crippen LogP contribution in [0.5, 0.6) is 0 Å². The summed E-state index contributed by atoms with van der Waals surface area (Å²) >= 11 is 14.6. The zero-order chi connectivity index (χ0) is 24.0. The molecular weight excluding hydrogens is 457 g/mol. The van der Waals surface area contributed by atoms with Gasteiger partial charge in [0.05, 0.1) is 9.75 Å². The Morgan fingerprint density at radius 2 is 1.32 bits per heavy atom. The number of benzene rings is 2. The van der Waals surface area contributed by atoms with Crippen LogP contribution in [0.4, 0.5) is 0 Å². The summed E-state index contributed by atoms with van der Waals surface area (Å²) in [5.74, 6) is 0. The molecule has 2 fully saturated rings. The van der Waals surface area contributed by atoms with Crippen LogP contribution in [0.1, 0.15) is 100 Å². The third-order valence-corrected chi connectivity index (χ3v) is 9.57. The highest BCUT2D eigenvalue weighted by Crippen LogP contribution is 2.51. The van der Waals surface area contributed by atoms with E-state index in [0.717, 1.165) is 58.0 Å². The number of hydrogen-bond donors (Lipinski definition) is 0. The molecule has 0 aromatic heterocycles. The fraction of sp³-hybridized carbons (Fsp3) is 0.613. The molecule has 0 spiro atoms. The fourth-order valence-electron chi connectivity index (χ4n) is 6.40. The average molecular weight is 501 g/mol. The van der Waals surface area contributed by atoms with Crippen molar-refractivity contribution in [3.63, 3.8) is 0 Å². The van der Waals surface area contributed by atoms with Crippen molar-refractivity contribution < 1.29 is 0 Å². The second-order valence-electron chi connectivity index (χ2n) is 10.8. The van der Waals surface area contributed by atoms with Crippen molar-refractivity contribution in [2.45, 2.75) is 107 Å². The maximum absolute atomic E-state index is 7.32. The molecule has 0 saturated heterocycles. The first-order valence-electron chi connectivity index (χ1n) is 13.7. The molecule has 2 aliphatic rings. The summed E-state index contributed by atoms with van der Waals surface area (Å²) in [6.07, 6.45) is 13.8. The highest BCUT2D eigenvalue weighted by molar-refractivity contribution is 6.25. The Kier molecular flexibility index (Phi) is 9.05. The second kappa shape index (κ2) is 11.8. The van der Waals surface area contributed by atoms with Crippen molar-refractivity contribution in [2.75, 3.05) is 13.1 Å². The molecule has 4 rings (SSSR count). The molecule has 186 valence electrons. The minimum Gasteiger partial charge on any atom is -0.300 e. The fourth-order valence-corrected chi connectivity index (χ4v) is 7.29. The lowest BCUT2D eigenvalue weighted by Crippen LogP contribution is -2.36. The summed E-state index contributed by atoms with van der Waals surface area (Å²) in [6, 6.07) is 18.3. The molecule has 0 radical (unpaired) electrons. The van der Waals surface area contributed by atoms with Gasteiger partial charge in [0.15, 0.2) is 0 Å². The molecule has 2 aromatic rings. The van der Waals surface area contributed by atoms with E-state index in [4.69, 9.17) is 23.2 Å². The summed E-state index contributed by atoms with van der Waals surface area (Å²) in [5.41, 5.74) is 5.67. The van der Waals surface area contributed by atoms with Gasteiger partial charge in [-0.1, -0.05) is 81.1 Å². The van der Waals surface area contributed by atoms with Crippen molar-refractivity contribution >= 4 is 23.2 Å². The number of rotatable bonds is 11. The van der Waals surface area contributed by atoms with Gasteiger partial charge in [0, 0.05) is 12.6 Å². The van der Waals surface area contributed by atoms with Crippen LogP contribution in [0.25, 0.3) is 0 Å². The van der Waals surface area contributed by atoms with Gasteiger partial charge in [0.25, 0.3) is 0 Å². The van der Waals surface area contributed by atoms with Crippen LogP contribution < -0.4 is 0 Å². The smallest absolute Gasteiger partial charge is 0.0697 e. The maximum atomic E-state index is 7.32. The summed E-state index contributed by atoms with van der Waals surface area (Å²) in [6.45, 7) is 6.99. The maximum Gasteiger partial charge on any atom is 0.0697 e. The topological polar surface area (TPSA) is 3.24 Å². The van der Waals surface area contributed by atoms with Crippen molar-refractivity contribution in [3.05, 3.63) is 70.8 Å². The minimum absolute atomic E-state index is 0.198. The minimum atomic E-state index is -0.198. The van der Waals surface area contributed by atoms with Gasteiger partial charge in [-0.05, 0) is 87.1 Å². The first-order valence-corrected chi connectivity index (χ1v) is 14.5. The van der Waals surface area contributed by atoms with Crippen molar-refractivity contribution in [1.29, 1.82) is 0 Å². The molecular formula is C31H43Cl2N. The second-order valence-corrected chi connectivity index (χ2v) is 12.3. The molecule has 1 nitrogen and oxygen atoms in total. The molecule has 0 amide bonds. The zero-order valence-electron chi connectivity index (χ0n) is 21.3. The summed E-state index contributed by atoms with van der Waals surface area (Å²) in [7, 11) is 0. The molecule has 2 saturated carbocycles. The Morgan fingerprint density at radius 3 is 1.85 bits per heavy atom. The number of halogens is 2. The van der Waals surface area contributed by atoms with E-state index in [9.17, 15) is 0 Å². The average Bonchev–Trinajstić information content (AvgIpc) is 3.50. The van der Waals surface area contributed by atoms with Gasteiger partial charge in [-0.2, -0.15) is 0 Å². The predicted molar refractivity (Wildman–Crippen MR) is 148 cm³/mol. The van der Waals surface area contributed by atoms with Crippen LogP contribution in [0.15, 0.2) is 48.5 Å². The molecule has 0 aliphatic heterocycles. The van der Waals surface area contributed by atoms with Crippen LogP contribution in [0, 0.1) is 0 Å². The first kappa shape index (κ1) is 26.1. The van der Waals surface area contributed by atoms with Gasteiger partial charge in [-0.3, -0.25) is 0 Å². The molecule has 1 unspecified atom stereocenters. The molecule has 1 atom stereocenters. The summed E-state index contributed by atoms with van der Waals surface area (Å²) < 4.78 is 0. The van der Waals surface area contributed by atoms with Crippen LogP contribution in [-0.2, 0) is 22.6 Å². The van der Waals surface area contributed by atoms with Crippen LogP contribution in [0.3, 0.4) is 0 Å². The molecule has 2 aliphatic carbocycles. The summed E-state index contributed by atoms with van der Waals surface area (Å²) in [5, 5.41) is 0. The third-order valence-electron chi connectivity index (χ3n) is 8.41. The lowest BCUT2D eigenvalue weighted by molar-refractivity contribution is 0.202. The Hall–Kier alpha value is -1.02. The van der Waals surface area contributed by atoms with Gasteiger partial charge < -0.3 is 4.90 Å². The van der Waals surface area contributed by atoms with Gasteiger partial charge in [0.1, 0.15) is 0 Å². The molecule has 0 bridgehead atoms. The Balaban J connectivity index is 1.54. The van der Waals surface area contributed by atoms with Crippen LogP contribution >= 0.6 is 23.2 Å². The van der Waals surface area contributed by atoms with Crippen molar-refractivity contribution in [3.8, 4) is 0 Å². The lowest BCUT2D eigenvalue weighted by atomic mass is 9.82. The Morgan fingerprint density at radius 1 is 0.765 bits per heavy atom. The monoisotopic (exact) mass is 499 g/mol. The molecule has 34 heavy (non-hydrogen) atoms. The number of nitrogens with zero attached hydrogens (tertiary/aromatic N) is 1. The third kappa shape index (κ3) is 6.03. The SMILES string of the molecule is CCCN(CCc1ccccc1)C(C)CCc1c(C2(Cl)CCCC2)cccc1C1(Cl)CCCC1. The van der Waals surface area contributed by atoms with E-state index in [1.165, 1.54) is 54.4 Å².